The molecule has 21 heteroatoms. The van der Waals surface area contributed by atoms with Crippen LogP contribution in [-0.2, 0) is 75.8 Å². The van der Waals surface area contributed by atoms with Gasteiger partial charge in [-0.05, 0) is 73.8 Å². The fourth-order valence-corrected chi connectivity index (χ4v) is 19.4. The van der Waals surface area contributed by atoms with Crippen molar-refractivity contribution in [3.05, 3.63) is 24.3 Å². The van der Waals surface area contributed by atoms with E-state index in [-0.39, 0.29) is 116 Å². The second kappa shape index (κ2) is 19.6. The van der Waals surface area contributed by atoms with Gasteiger partial charge in [0.2, 0.25) is 11.6 Å². The molecule has 17 fully saturated rings. The molecule has 82 heavy (non-hydrogen) atoms. The number of hydrogen-bond donors (Lipinski definition) is 5. The fourth-order valence-electron chi connectivity index (χ4n) is 19.4. The fraction of sp³-hybridized carbons (Fsp3) is 0.918. The third-order valence-corrected chi connectivity index (χ3v) is 23.2. The van der Waals surface area contributed by atoms with Gasteiger partial charge in [0.05, 0.1) is 141 Å². The predicted octanol–water partition coefficient (Wildman–Crippen LogP) is 3.42. The summed E-state index contributed by atoms with van der Waals surface area (Å²) in [5, 5.41) is 54.2. The van der Waals surface area contributed by atoms with E-state index in [1.54, 1.807) is 0 Å². The molecule has 21 nitrogen and oxygen atoms in total. The molecule has 0 aromatic rings. The molecule has 0 radical (unpaired) electrons. The van der Waals surface area contributed by atoms with Gasteiger partial charge < -0.3 is 96.6 Å². The second-order valence-electron chi connectivity index (χ2n) is 28.6. The lowest BCUT2D eigenvalue weighted by atomic mass is 9.49. The van der Waals surface area contributed by atoms with E-state index in [1.165, 1.54) is 0 Å². The van der Waals surface area contributed by atoms with E-state index in [2.05, 4.69) is 40.9 Å². The van der Waals surface area contributed by atoms with Crippen LogP contribution in [0, 0.1) is 35.5 Å². The van der Waals surface area contributed by atoms with Crippen molar-refractivity contribution < 1.29 is 101 Å². The standard InChI is InChI=1S/C61H86O21/c1-25-13-32-7-9-36-26(2)14-34(68-36)11-12-59-56(66)60(67)55-54-47(61(55,81-59)82-60)53(80-59)52-37(72-54)10-8-33(70-52)16-46(65)75-51-30(6)50-42(71-41(51)17-38(69-32)29(25)5)19-40-44(74-50)22-58(76-40)23-45-49(79-58)28(4)21-57(78-45)20-27(3)48-43(77-57)18-39(73-48)35(64)15-31(63)24-62/h25,27-28,30-45,47-56,62-64,66-67H,2,5,7-24H2,1,3-4,6H3/t25-,27+,28+,30+,31-,32?,33?,34?,35+,36+,37?,38?,39?,40-,41?,42+,43?,44-,45?,47?,48?,49?,50+,51?,52+,53?,54-,55?,56?,57-,58-,59-,60?,61?/m1/s1. The summed E-state index contributed by atoms with van der Waals surface area (Å²) in [5.41, 5.74) is 2.01. The molecule has 10 bridgehead atoms. The molecule has 16 aliphatic heterocycles. The first-order chi connectivity index (χ1) is 39.2. The minimum Gasteiger partial charge on any atom is -0.459 e. The Labute approximate surface area is 478 Å². The first-order valence-electron chi connectivity index (χ1n) is 31.6. The molecule has 17 rings (SSSR count). The van der Waals surface area contributed by atoms with Crippen molar-refractivity contribution in [2.24, 2.45) is 35.5 Å². The molecule has 16 saturated heterocycles. The van der Waals surface area contributed by atoms with Gasteiger partial charge in [0.15, 0.2) is 23.5 Å². The number of fused-ring (bicyclic) bond motifs is 10. The topological polar surface area (TPSA) is 257 Å². The molecule has 0 aromatic heterocycles. The zero-order chi connectivity index (χ0) is 56.3. The maximum atomic E-state index is 14.6. The lowest BCUT2D eigenvalue weighted by Gasteiger charge is -2.83. The van der Waals surface area contributed by atoms with Crippen molar-refractivity contribution in [3.8, 4) is 0 Å². The summed E-state index contributed by atoms with van der Waals surface area (Å²) in [4.78, 5) is 14.6. The van der Waals surface area contributed by atoms with Crippen LogP contribution in [0.15, 0.2) is 24.3 Å². The van der Waals surface area contributed by atoms with Gasteiger partial charge in [0.1, 0.15) is 18.3 Å². The molecule has 0 amide bonds. The van der Waals surface area contributed by atoms with E-state index in [9.17, 15) is 30.3 Å². The summed E-state index contributed by atoms with van der Waals surface area (Å²) in [6, 6.07) is 0. The van der Waals surface area contributed by atoms with Crippen LogP contribution < -0.4 is 0 Å². The lowest BCUT2D eigenvalue weighted by Crippen LogP contribution is -3.00. The Morgan fingerprint density at radius 3 is 2.15 bits per heavy atom. The first kappa shape index (κ1) is 55.5. The third kappa shape index (κ3) is 8.42. The summed E-state index contributed by atoms with van der Waals surface area (Å²) in [7, 11) is 0. The van der Waals surface area contributed by atoms with Gasteiger partial charge in [-0.1, -0.05) is 40.9 Å². The number of ether oxygens (including phenoxy) is 15. The Morgan fingerprint density at radius 2 is 1.32 bits per heavy atom. The van der Waals surface area contributed by atoms with Crippen LogP contribution in [0.4, 0.5) is 0 Å². The lowest BCUT2D eigenvalue weighted by molar-refractivity contribution is -0.689. The van der Waals surface area contributed by atoms with Gasteiger partial charge in [-0.3, -0.25) is 4.79 Å². The number of esters is 1. The number of carbonyl (C=O) groups excluding carboxylic acids is 1. The highest BCUT2D eigenvalue weighted by atomic mass is 16.9. The Hall–Kier alpha value is -1.81. The predicted molar refractivity (Wildman–Crippen MR) is 278 cm³/mol. The number of carbonyl (C=O) groups is 1. The van der Waals surface area contributed by atoms with Gasteiger partial charge in [-0.25, -0.2) is 0 Å². The minimum absolute atomic E-state index is 0.0133. The molecular formula is C61H86O21. The first-order valence-corrected chi connectivity index (χ1v) is 31.6. The monoisotopic (exact) mass is 1150 g/mol. The van der Waals surface area contributed by atoms with Gasteiger partial charge >= 0.3 is 5.97 Å². The molecular weight excluding hydrogens is 1070 g/mol. The molecule has 1 saturated carbocycles. The van der Waals surface area contributed by atoms with Crippen LogP contribution in [0.2, 0.25) is 0 Å². The Balaban J connectivity index is 0.635. The Bertz CT molecular complexity index is 2540. The highest BCUT2D eigenvalue weighted by Gasteiger charge is 2.94. The summed E-state index contributed by atoms with van der Waals surface area (Å²) in [5.74, 6) is -7.76. The largest absolute Gasteiger partial charge is 0.459 e. The van der Waals surface area contributed by atoms with E-state index >= 15 is 0 Å². The van der Waals surface area contributed by atoms with E-state index in [0.717, 1.165) is 24.0 Å². The van der Waals surface area contributed by atoms with Crippen LogP contribution in [0.1, 0.15) is 137 Å². The van der Waals surface area contributed by atoms with Crippen molar-refractivity contribution in [2.75, 3.05) is 6.61 Å². The molecule has 34 atom stereocenters. The zero-order valence-electron chi connectivity index (χ0n) is 47.7. The molecule has 18 unspecified atom stereocenters. The van der Waals surface area contributed by atoms with Crippen molar-refractivity contribution in [2.45, 2.75) is 306 Å². The summed E-state index contributed by atoms with van der Waals surface area (Å²) >= 11 is 0. The third-order valence-electron chi connectivity index (χ3n) is 23.2. The maximum absolute atomic E-state index is 14.6. The molecule has 16 heterocycles. The van der Waals surface area contributed by atoms with Gasteiger partial charge in [0.25, 0.3) is 0 Å². The van der Waals surface area contributed by atoms with Gasteiger partial charge in [0, 0.05) is 63.7 Å². The normalized spacial score (nSPS) is 59.6. The van der Waals surface area contributed by atoms with Crippen LogP contribution in [0.25, 0.3) is 0 Å². The average molecular weight is 1160 g/mol. The summed E-state index contributed by atoms with van der Waals surface area (Å²) in [6.07, 6.45) is -2.51. The van der Waals surface area contributed by atoms with Crippen LogP contribution >= 0.6 is 0 Å². The van der Waals surface area contributed by atoms with E-state index in [1.807, 2.05) is 0 Å². The van der Waals surface area contributed by atoms with Gasteiger partial charge in [-0.15, -0.1) is 0 Å². The molecule has 4 spiro atoms. The smallest absolute Gasteiger partial charge is 0.308 e. The quantitative estimate of drug-likeness (QED) is 0.200. The van der Waals surface area contributed by atoms with Crippen LogP contribution in [-0.4, -0.2) is 207 Å². The zero-order valence-corrected chi connectivity index (χ0v) is 47.7. The molecule has 456 valence electrons. The SMILES string of the molecule is C=C1C2CC3O[C@H]4C[C@H]5O[C@]6(CC7O[C@]8(C[C@H](C)C9OC([C@@H](O)C[C@@H](O)CO)CC9O8)C[C@H](C)C7O6)C[C@H]5O[C@H]4[C@H](C)C3OC(=O)CC3CCC4O[C@@H]5C6C(O[C@]7(CCC8CC(=C)[C@H](CCC(C[C@H]1C)O2)O8)OC61OC(O)(C51)C7O)[C@H]4O3. The molecule has 1 aliphatic carbocycles. The number of hydrogen-bond acceptors (Lipinski definition) is 21. The van der Waals surface area contributed by atoms with Crippen molar-refractivity contribution >= 4 is 5.97 Å². The van der Waals surface area contributed by atoms with E-state index in [0.29, 0.717) is 77.0 Å². The van der Waals surface area contributed by atoms with Crippen molar-refractivity contribution in [3.63, 3.8) is 0 Å². The number of aliphatic hydroxyl groups excluding tert-OH is 4. The van der Waals surface area contributed by atoms with Crippen LogP contribution in [0.3, 0.4) is 0 Å². The Morgan fingerprint density at radius 1 is 0.598 bits per heavy atom. The second-order valence-corrected chi connectivity index (χ2v) is 28.6. The van der Waals surface area contributed by atoms with Crippen molar-refractivity contribution in [1.82, 2.24) is 0 Å². The van der Waals surface area contributed by atoms with E-state index in [4.69, 9.17) is 71.1 Å². The van der Waals surface area contributed by atoms with E-state index < -0.39 is 120 Å². The summed E-state index contributed by atoms with van der Waals surface area (Å²) in [6.45, 7) is 17.2. The Kier molecular flexibility index (Phi) is 13.3. The minimum atomic E-state index is -1.87. The van der Waals surface area contributed by atoms with Crippen LogP contribution in [0.5, 0.6) is 0 Å². The maximum Gasteiger partial charge on any atom is 0.308 e. The highest BCUT2D eigenvalue weighted by Crippen LogP contribution is 2.76. The molecule has 17 aliphatic rings. The molecule has 0 aromatic carbocycles. The summed E-state index contributed by atoms with van der Waals surface area (Å²) < 4.78 is 103. The number of aliphatic hydroxyl groups is 5. The molecule has 5 N–H and O–H groups in total. The highest BCUT2D eigenvalue weighted by molar-refractivity contribution is 5.70. The van der Waals surface area contributed by atoms with Crippen molar-refractivity contribution in [1.29, 1.82) is 0 Å². The number of rotatable bonds is 4. The average Bonchev–Trinajstić information content (AvgIpc) is 0.911. The van der Waals surface area contributed by atoms with Gasteiger partial charge in [-0.2, -0.15) is 0 Å².